The maximum atomic E-state index is 13.8. The Hall–Kier alpha value is -2.97. The maximum absolute atomic E-state index is 13.8. The average molecular weight is 478 g/mol. The van der Waals surface area contributed by atoms with Crippen LogP contribution in [0.2, 0.25) is 0 Å². The molecule has 1 heterocycles. The summed E-state index contributed by atoms with van der Waals surface area (Å²) in [5, 5.41) is 22.8. The number of nitrogens with one attached hydrogen (secondary N) is 2. The van der Waals surface area contributed by atoms with E-state index in [4.69, 9.17) is 10.00 Å². The number of benzene rings is 1. The van der Waals surface area contributed by atoms with E-state index in [0.717, 1.165) is 23.3 Å². The first-order chi connectivity index (χ1) is 15.9. The summed E-state index contributed by atoms with van der Waals surface area (Å²) in [6.07, 6.45) is -0.256. The van der Waals surface area contributed by atoms with Gasteiger partial charge in [0, 0.05) is 13.5 Å². The van der Waals surface area contributed by atoms with Gasteiger partial charge in [0.2, 0.25) is 11.0 Å². The first kappa shape index (κ1) is 24.7. The summed E-state index contributed by atoms with van der Waals surface area (Å²) in [6.45, 7) is -0.173. The average Bonchev–Trinajstić information content (AvgIpc) is 3.26. The Morgan fingerprint density at radius 3 is 2.52 bits per heavy atom. The van der Waals surface area contributed by atoms with Crippen molar-refractivity contribution in [2.45, 2.75) is 51.0 Å². The molecule has 2 N–H and O–H groups in total. The molecular weight excluding hydrogens is 452 g/mol. The normalized spacial score (nSPS) is 16.1. The monoisotopic (exact) mass is 477 g/mol. The van der Waals surface area contributed by atoms with Gasteiger partial charge in [-0.1, -0.05) is 42.7 Å². The fourth-order valence-electron chi connectivity index (χ4n) is 3.82. The number of ether oxygens (including phenoxy) is 1. The Bertz CT molecular complexity index is 1000. The van der Waals surface area contributed by atoms with Crippen LogP contribution in [0.4, 0.5) is 13.9 Å². The molecule has 8 nitrogen and oxygen atoms in total. The van der Waals surface area contributed by atoms with Crippen LogP contribution in [0.5, 0.6) is 0 Å². The van der Waals surface area contributed by atoms with Crippen LogP contribution >= 0.6 is 11.3 Å². The number of amides is 2. The van der Waals surface area contributed by atoms with Gasteiger partial charge in [-0.25, -0.2) is 8.78 Å². The van der Waals surface area contributed by atoms with Gasteiger partial charge in [-0.05, 0) is 30.5 Å². The third kappa shape index (κ3) is 6.09. The molecule has 0 unspecified atom stereocenters. The van der Waals surface area contributed by atoms with Gasteiger partial charge in [-0.3, -0.25) is 14.9 Å². The predicted octanol–water partition coefficient (Wildman–Crippen LogP) is 3.29. The second kappa shape index (κ2) is 11.2. The van der Waals surface area contributed by atoms with Crippen molar-refractivity contribution < 1.29 is 23.1 Å². The van der Waals surface area contributed by atoms with E-state index in [2.05, 4.69) is 26.9 Å². The number of carbonyl (C=O) groups is 2. The highest BCUT2D eigenvalue weighted by atomic mass is 32.1. The molecule has 0 bridgehead atoms. The number of alkyl halides is 2. The van der Waals surface area contributed by atoms with Crippen molar-refractivity contribution in [1.29, 1.82) is 5.26 Å². The summed E-state index contributed by atoms with van der Waals surface area (Å²) in [5.74, 6) is -1.44. The van der Waals surface area contributed by atoms with Crippen LogP contribution in [-0.4, -0.2) is 48.2 Å². The first-order valence-electron chi connectivity index (χ1n) is 10.6. The lowest BCUT2D eigenvalue weighted by molar-refractivity contribution is -0.147. The van der Waals surface area contributed by atoms with Gasteiger partial charge in [-0.15, -0.1) is 10.2 Å². The second-order valence-electron chi connectivity index (χ2n) is 7.97. The number of methoxy groups -OCH3 is 1. The lowest BCUT2D eigenvalue weighted by Gasteiger charge is -2.35. The molecule has 1 saturated carbocycles. The van der Waals surface area contributed by atoms with Crippen LogP contribution in [-0.2, 0) is 20.7 Å². The standard InChI is InChI=1S/C22H25F2N5O3S/c1-32-13-16(26-20(31)22(19(23)24)9-3-2-4-10-22)18(30)27-21-29-28-17(33-21)11-14-5-7-15(12-25)8-6-14/h5-8,16,19H,2-4,9-11,13H2,1H3,(H,26,31)(H,27,29,30)/t16-/m1/s1. The van der Waals surface area contributed by atoms with Crippen molar-refractivity contribution in [1.82, 2.24) is 15.5 Å². The summed E-state index contributed by atoms with van der Waals surface area (Å²) in [5.41, 5.74) is -0.295. The van der Waals surface area contributed by atoms with Crippen molar-refractivity contribution >= 4 is 28.3 Å². The number of aromatic nitrogens is 2. The Morgan fingerprint density at radius 1 is 1.21 bits per heavy atom. The van der Waals surface area contributed by atoms with Gasteiger partial charge in [0.15, 0.2) is 0 Å². The molecule has 1 aromatic carbocycles. The Labute approximate surface area is 194 Å². The molecule has 1 atom stereocenters. The summed E-state index contributed by atoms with van der Waals surface area (Å²) in [4.78, 5) is 25.5. The Kier molecular flexibility index (Phi) is 8.41. The molecule has 1 aromatic heterocycles. The van der Waals surface area contributed by atoms with E-state index in [1.165, 1.54) is 7.11 Å². The second-order valence-corrected chi connectivity index (χ2v) is 9.04. The van der Waals surface area contributed by atoms with E-state index >= 15 is 0 Å². The van der Waals surface area contributed by atoms with Gasteiger partial charge in [0.25, 0.3) is 12.3 Å². The fraction of sp³-hybridized carbons (Fsp3) is 0.500. The van der Waals surface area contributed by atoms with Crippen LogP contribution in [0.25, 0.3) is 0 Å². The number of nitriles is 1. The molecule has 0 saturated heterocycles. The minimum atomic E-state index is -2.81. The topological polar surface area (TPSA) is 117 Å². The molecule has 0 aliphatic heterocycles. The lowest BCUT2D eigenvalue weighted by Crippen LogP contribution is -2.54. The van der Waals surface area contributed by atoms with E-state index in [-0.39, 0.29) is 24.6 Å². The smallest absolute Gasteiger partial charge is 0.252 e. The zero-order valence-electron chi connectivity index (χ0n) is 18.1. The highest BCUT2D eigenvalue weighted by molar-refractivity contribution is 7.15. The summed E-state index contributed by atoms with van der Waals surface area (Å²) < 4.78 is 32.6. The van der Waals surface area contributed by atoms with Gasteiger partial charge < -0.3 is 10.1 Å². The molecule has 3 rings (SSSR count). The molecule has 0 radical (unpaired) electrons. The quantitative estimate of drug-likeness (QED) is 0.572. The van der Waals surface area contributed by atoms with E-state index in [1.54, 1.807) is 12.1 Å². The van der Waals surface area contributed by atoms with E-state index in [1.807, 2.05) is 12.1 Å². The number of carbonyl (C=O) groups excluding carboxylic acids is 2. The fourth-order valence-corrected chi connectivity index (χ4v) is 4.60. The maximum Gasteiger partial charge on any atom is 0.252 e. The summed E-state index contributed by atoms with van der Waals surface area (Å²) >= 11 is 1.16. The lowest BCUT2D eigenvalue weighted by atomic mass is 9.73. The summed E-state index contributed by atoms with van der Waals surface area (Å²) in [7, 11) is 1.36. The molecule has 11 heteroatoms. The molecular formula is C22H25F2N5O3S. The van der Waals surface area contributed by atoms with Crippen LogP contribution in [0, 0.1) is 16.7 Å². The molecule has 0 spiro atoms. The Balaban J connectivity index is 1.64. The number of halogens is 2. The van der Waals surface area contributed by atoms with Crippen molar-refractivity contribution in [2.75, 3.05) is 19.0 Å². The number of rotatable bonds is 9. The van der Waals surface area contributed by atoms with Gasteiger partial charge in [-0.2, -0.15) is 5.26 Å². The van der Waals surface area contributed by atoms with Crippen LogP contribution in [0.3, 0.4) is 0 Å². The van der Waals surface area contributed by atoms with Gasteiger partial charge in [0.05, 0.1) is 18.2 Å². The molecule has 2 amide bonds. The number of anilines is 1. The van der Waals surface area contributed by atoms with Crippen LogP contribution in [0.15, 0.2) is 24.3 Å². The van der Waals surface area contributed by atoms with E-state index in [9.17, 15) is 18.4 Å². The van der Waals surface area contributed by atoms with Crippen molar-refractivity contribution in [3.63, 3.8) is 0 Å². The molecule has 1 aliphatic carbocycles. The van der Waals surface area contributed by atoms with Crippen molar-refractivity contribution in [3.05, 3.63) is 40.4 Å². The first-order valence-corrected chi connectivity index (χ1v) is 11.4. The Morgan fingerprint density at radius 2 is 1.91 bits per heavy atom. The van der Waals surface area contributed by atoms with E-state index in [0.29, 0.717) is 29.8 Å². The van der Waals surface area contributed by atoms with Crippen LogP contribution in [0.1, 0.15) is 48.2 Å². The molecule has 1 fully saturated rings. The highest BCUT2D eigenvalue weighted by Gasteiger charge is 2.48. The van der Waals surface area contributed by atoms with Gasteiger partial charge in [0.1, 0.15) is 16.5 Å². The molecule has 1 aliphatic rings. The van der Waals surface area contributed by atoms with E-state index < -0.39 is 29.7 Å². The third-order valence-corrected chi connectivity index (χ3v) is 6.54. The predicted molar refractivity (Wildman–Crippen MR) is 118 cm³/mol. The highest BCUT2D eigenvalue weighted by Crippen LogP contribution is 2.41. The van der Waals surface area contributed by atoms with Crippen molar-refractivity contribution in [2.24, 2.45) is 5.41 Å². The molecule has 176 valence electrons. The molecule has 2 aromatic rings. The zero-order valence-corrected chi connectivity index (χ0v) is 19.0. The third-order valence-electron chi connectivity index (χ3n) is 5.71. The minimum Gasteiger partial charge on any atom is -0.382 e. The van der Waals surface area contributed by atoms with Crippen molar-refractivity contribution in [3.8, 4) is 6.07 Å². The van der Waals surface area contributed by atoms with Crippen LogP contribution < -0.4 is 10.6 Å². The number of hydrogen-bond donors (Lipinski definition) is 2. The molecule has 33 heavy (non-hydrogen) atoms. The summed E-state index contributed by atoms with van der Waals surface area (Å²) in [6, 6.07) is 7.94. The number of nitrogens with zero attached hydrogens (tertiary/aromatic N) is 3. The van der Waals surface area contributed by atoms with Gasteiger partial charge >= 0.3 is 0 Å². The zero-order chi connectivity index (χ0) is 23.8. The number of hydrogen-bond acceptors (Lipinski definition) is 7. The SMILES string of the molecule is COC[C@@H](NC(=O)C1(C(F)F)CCCCC1)C(=O)Nc1nnc(Cc2ccc(C#N)cc2)s1. The largest absolute Gasteiger partial charge is 0.382 e. The minimum absolute atomic E-state index is 0.0902.